The maximum absolute atomic E-state index is 14.8. The lowest BCUT2D eigenvalue weighted by molar-refractivity contribution is -0.136. The second-order valence-electron chi connectivity index (χ2n) is 7.49. The third-order valence-electron chi connectivity index (χ3n) is 5.62. The van der Waals surface area contributed by atoms with Gasteiger partial charge in [0.25, 0.3) is 0 Å². The normalized spacial score (nSPS) is 24.8. The zero-order valence-corrected chi connectivity index (χ0v) is 16.2. The number of thiophene rings is 1. The lowest BCUT2D eigenvalue weighted by atomic mass is 9.78. The molecule has 0 bridgehead atoms. The van der Waals surface area contributed by atoms with Gasteiger partial charge in [-0.25, -0.2) is 4.39 Å². The number of carbonyl (C=O) groups excluding carboxylic acids is 1. The molecule has 4 rings (SSSR count). The highest BCUT2D eigenvalue weighted by Crippen LogP contribution is 2.50. The van der Waals surface area contributed by atoms with Gasteiger partial charge in [-0.3, -0.25) is 15.1 Å². The fraction of sp³-hybridized carbons (Fsp3) is 0.350. The van der Waals surface area contributed by atoms with Crippen LogP contribution in [-0.2, 0) is 10.3 Å². The van der Waals surface area contributed by atoms with E-state index in [4.69, 9.17) is 10.7 Å². The van der Waals surface area contributed by atoms with Crippen LogP contribution in [0.1, 0.15) is 30.2 Å². The molecule has 2 fully saturated rings. The van der Waals surface area contributed by atoms with E-state index < -0.39 is 16.5 Å². The fourth-order valence-electron chi connectivity index (χ4n) is 3.89. The molecular weight excluding hydrogens is 382 g/mol. The number of halogens is 2. The number of guanidine groups is 1. The molecule has 1 aliphatic carbocycles. The van der Waals surface area contributed by atoms with Crippen molar-refractivity contribution in [3.8, 4) is 17.2 Å². The molecule has 8 heteroatoms. The van der Waals surface area contributed by atoms with E-state index in [-0.39, 0.29) is 34.8 Å². The summed E-state index contributed by atoms with van der Waals surface area (Å²) in [5.41, 5.74) is -0.393. The van der Waals surface area contributed by atoms with Gasteiger partial charge in [0.2, 0.25) is 5.91 Å². The Labute approximate surface area is 165 Å². The number of amides is 1. The minimum atomic E-state index is -0.899. The molecule has 28 heavy (non-hydrogen) atoms. The van der Waals surface area contributed by atoms with Crippen LogP contribution in [-0.4, -0.2) is 23.8 Å². The molecule has 1 aromatic heterocycles. The first-order valence-corrected chi connectivity index (χ1v) is 9.72. The Morgan fingerprint density at radius 3 is 2.71 bits per heavy atom. The van der Waals surface area contributed by atoms with E-state index in [9.17, 15) is 13.6 Å². The number of rotatable bonds is 3. The lowest BCUT2D eigenvalue weighted by Crippen LogP contribution is -2.64. The Hall–Kier alpha value is -2.79. The van der Waals surface area contributed by atoms with E-state index in [1.54, 1.807) is 19.2 Å². The van der Waals surface area contributed by atoms with Crippen LogP contribution in [0.15, 0.2) is 24.3 Å². The number of hydrogen-bond acceptors (Lipinski definition) is 4. The Kier molecular flexibility index (Phi) is 4.23. The summed E-state index contributed by atoms with van der Waals surface area (Å²) >= 11 is 0.913. The third kappa shape index (κ3) is 2.78. The summed E-state index contributed by atoms with van der Waals surface area (Å²) in [6, 6.07) is 7.30. The van der Waals surface area contributed by atoms with Crippen LogP contribution in [0, 0.1) is 39.5 Å². The van der Waals surface area contributed by atoms with E-state index in [0.717, 1.165) is 30.2 Å². The topological polar surface area (TPSA) is 80.0 Å². The van der Waals surface area contributed by atoms with Crippen molar-refractivity contribution in [2.24, 2.45) is 11.8 Å². The van der Waals surface area contributed by atoms with E-state index in [1.165, 1.54) is 17.0 Å². The first-order valence-electron chi connectivity index (χ1n) is 8.90. The monoisotopic (exact) mass is 400 g/mol. The molecule has 1 amide bonds. The number of nitrogens with one attached hydrogen (secondary N) is 2. The van der Waals surface area contributed by atoms with E-state index >= 15 is 0 Å². The highest BCUT2D eigenvalue weighted by Gasteiger charge is 2.54. The zero-order valence-electron chi connectivity index (χ0n) is 15.3. The molecule has 144 valence electrons. The van der Waals surface area contributed by atoms with Crippen molar-refractivity contribution in [2.45, 2.75) is 25.3 Å². The van der Waals surface area contributed by atoms with Crippen molar-refractivity contribution in [1.82, 2.24) is 10.2 Å². The number of carbonyl (C=O) groups is 1. The number of nitrogens with zero attached hydrogens (tertiary/aromatic N) is 2. The highest BCUT2D eigenvalue weighted by atomic mass is 32.1. The van der Waals surface area contributed by atoms with Crippen molar-refractivity contribution in [3.05, 3.63) is 45.7 Å². The molecule has 2 atom stereocenters. The van der Waals surface area contributed by atoms with Crippen molar-refractivity contribution >= 4 is 23.2 Å². The molecule has 1 saturated heterocycles. The van der Waals surface area contributed by atoms with Crippen LogP contribution in [0.2, 0.25) is 0 Å². The lowest BCUT2D eigenvalue weighted by Gasteiger charge is -2.45. The minimum Gasteiger partial charge on any atom is -0.345 e. The van der Waals surface area contributed by atoms with Crippen molar-refractivity contribution in [2.75, 3.05) is 7.05 Å². The van der Waals surface area contributed by atoms with Gasteiger partial charge in [-0.2, -0.15) is 9.65 Å². The molecule has 0 spiro atoms. The smallest absolute Gasteiger partial charge is 0.235 e. The quantitative estimate of drug-likeness (QED) is 0.822. The second-order valence-corrected chi connectivity index (χ2v) is 8.50. The summed E-state index contributed by atoms with van der Waals surface area (Å²) in [6.45, 7) is 1.83. The maximum atomic E-state index is 14.8. The Morgan fingerprint density at radius 1 is 1.36 bits per heavy atom. The zero-order chi connectivity index (χ0) is 20.2. The van der Waals surface area contributed by atoms with Gasteiger partial charge >= 0.3 is 0 Å². The van der Waals surface area contributed by atoms with Crippen LogP contribution < -0.4 is 5.32 Å². The van der Waals surface area contributed by atoms with Crippen LogP contribution >= 0.6 is 11.3 Å². The van der Waals surface area contributed by atoms with Crippen molar-refractivity contribution < 1.29 is 13.6 Å². The molecule has 0 unspecified atom stereocenters. The average Bonchev–Trinajstić information content (AvgIpc) is 3.40. The highest BCUT2D eigenvalue weighted by molar-refractivity contribution is 7.11. The van der Waals surface area contributed by atoms with Gasteiger partial charge in [-0.05, 0) is 49.4 Å². The maximum Gasteiger partial charge on any atom is 0.235 e. The Bertz CT molecular complexity index is 1040. The summed E-state index contributed by atoms with van der Waals surface area (Å²) in [4.78, 5) is 14.8. The van der Waals surface area contributed by atoms with E-state index in [0.29, 0.717) is 10.4 Å². The first-order chi connectivity index (χ1) is 13.3. The third-order valence-corrected chi connectivity index (χ3v) is 6.78. The molecule has 5 nitrogen and oxygen atoms in total. The molecule has 0 radical (unpaired) electrons. The van der Waals surface area contributed by atoms with Gasteiger partial charge < -0.3 is 5.32 Å². The van der Waals surface area contributed by atoms with E-state index in [1.807, 2.05) is 6.92 Å². The first kappa shape index (κ1) is 18.6. The molecular formula is C20H18F2N4OS. The molecule has 2 heterocycles. The number of nitriles is 1. The number of hydrogen-bond donors (Lipinski definition) is 2. The van der Waals surface area contributed by atoms with Gasteiger partial charge in [0.05, 0.1) is 17.0 Å². The fourth-order valence-corrected chi connectivity index (χ4v) is 4.94. The van der Waals surface area contributed by atoms with Crippen molar-refractivity contribution in [3.63, 3.8) is 0 Å². The molecule has 2 aromatic rings. The number of benzene rings is 1. The van der Waals surface area contributed by atoms with E-state index in [2.05, 4.69) is 5.32 Å². The Balaban J connectivity index is 1.79. The van der Waals surface area contributed by atoms with Crippen LogP contribution in [0.5, 0.6) is 0 Å². The molecule has 2 N–H and O–H groups in total. The van der Waals surface area contributed by atoms with Gasteiger partial charge in [0.1, 0.15) is 11.9 Å². The van der Waals surface area contributed by atoms with Gasteiger partial charge in [-0.15, -0.1) is 11.3 Å². The van der Waals surface area contributed by atoms with Gasteiger partial charge in [0, 0.05) is 17.5 Å². The molecule has 2 aliphatic rings. The predicted octanol–water partition coefficient (Wildman–Crippen LogP) is 3.80. The summed E-state index contributed by atoms with van der Waals surface area (Å²) in [7, 11) is 1.56. The van der Waals surface area contributed by atoms with Crippen molar-refractivity contribution in [1.29, 1.82) is 10.7 Å². The van der Waals surface area contributed by atoms with Gasteiger partial charge in [-0.1, -0.05) is 6.07 Å². The average molecular weight is 400 g/mol. The molecule has 1 saturated carbocycles. The second kappa shape index (κ2) is 6.38. The van der Waals surface area contributed by atoms with Crippen LogP contribution in [0.4, 0.5) is 8.78 Å². The predicted molar refractivity (Wildman–Crippen MR) is 102 cm³/mol. The Morgan fingerprint density at radius 2 is 2.07 bits per heavy atom. The minimum absolute atomic E-state index is 0.0201. The molecule has 1 aromatic carbocycles. The molecule has 1 aliphatic heterocycles. The summed E-state index contributed by atoms with van der Waals surface area (Å²) in [5.74, 6) is -1.00. The largest absolute Gasteiger partial charge is 0.345 e. The summed E-state index contributed by atoms with van der Waals surface area (Å²) in [6.07, 6.45) is 1.86. The summed E-state index contributed by atoms with van der Waals surface area (Å²) < 4.78 is 28.5. The van der Waals surface area contributed by atoms with Gasteiger partial charge in [0.15, 0.2) is 11.1 Å². The standard InChI is InChI=1S/C20H18F2N4OS/c1-20(16(10-3-4-10)18(27)26(2)19(24)25-20)15-8-13(17(22)28-15)11-5-6-14(21)12(7-11)9-23/h5-8,10,16H,3-4H2,1-2H3,(H2,24,25)/t16-,20-/m1/s1. The van der Waals surface area contributed by atoms with Crippen LogP contribution in [0.25, 0.3) is 11.1 Å². The summed E-state index contributed by atoms with van der Waals surface area (Å²) in [5, 5.41) is 19.8. The SMILES string of the molecule is CN1C(=N)N[C@](C)(c2cc(-c3ccc(F)c(C#N)c3)c(F)s2)[C@H](C2CC2)C1=O. The van der Waals surface area contributed by atoms with Crippen LogP contribution in [0.3, 0.4) is 0 Å².